The number of rotatable bonds is 5. The van der Waals surface area contributed by atoms with Crippen molar-refractivity contribution in [1.82, 2.24) is 9.80 Å². The third-order valence-corrected chi connectivity index (χ3v) is 5.54. The molecule has 6 heteroatoms. The van der Waals surface area contributed by atoms with Gasteiger partial charge in [-0.15, -0.1) is 11.3 Å². The van der Waals surface area contributed by atoms with Crippen molar-refractivity contribution in [2.45, 2.75) is 19.1 Å². The molecule has 2 saturated heterocycles. The number of carbonyl (C=O) groups is 1. The molecule has 0 spiro atoms. The third kappa shape index (κ3) is 3.06. The van der Waals surface area contributed by atoms with Gasteiger partial charge in [-0.3, -0.25) is 4.79 Å². The Balaban J connectivity index is 1.68. The molecule has 1 aromatic heterocycles. The van der Waals surface area contributed by atoms with Crippen LogP contribution < -0.4 is 0 Å². The standard InChI is InChI=1S/C16H24N2O3S/c1-11-4-7-22-15(11)16(19)18-8-14(21-6-5-17(2)3)12-9-20-10-13(12)18/h4,7,12-14H,5-6,8-10H2,1-3H3/t12-,13+,14-/m0/s1. The van der Waals surface area contributed by atoms with Gasteiger partial charge in [0, 0.05) is 19.0 Å². The molecule has 3 heterocycles. The van der Waals surface area contributed by atoms with Crippen molar-refractivity contribution in [2.24, 2.45) is 5.92 Å². The highest BCUT2D eigenvalue weighted by Crippen LogP contribution is 2.34. The summed E-state index contributed by atoms with van der Waals surface area (Å²) in [5.74, 6) is 0.443. The molecule has 1 aromatic rings. The van der Waals surface area contributed by atoms with E-state index in [2.05, 4.69) is 4.90 Å². The Hall–Kier alpha value is -0.950. The molecular weight excluding hydrogens is 300 g/mol. The Bertz CT molecular complexity index is 531. The van der Waals surface area contributed by atoms with Crippen molar-refractivity contribution in [3.8, 4) is 0 Å². The van der Waals surface area contributed by atoms with E-state index in [1.165, 1.54) is 11.3 Å². The van der Waals surface area contributed by atoms with Crippen molar-refractivity contribution < 1.29 is 14.3 Å². The second-order valence-corrected chi connectivity index (χ2v) is 7.29. The van der Waals surface area contributed by atoms with Crippen molar-refractivity contribution in [1.29, 1.82) is 0 Å². The van der Waals surface area contributed by atoms with Gasteiger partial charge in [-0.05, 0) is 38.0 Å². The van der Waals surface area contributed by atoms with E-state index in [1.54, 1.807) is 0 Å². The largest absolute Gasteiger partial charge is 0.379 e. The molecule has 3 rings (SSSR count). The van der Waals surface area contributed by atoms with Gasteiger partial charge in [-0.25, -0.2) is 0 Å². The number of hydrogen-bond acceptors (Lipinski definition) is 5. The summed E-state index contributed by atoms with van der Waals surface area (Å²) in [6.07, 6.45) is 0.0941. The molecule has 2 aliphatic rings. The van der Waals surface area contributed by atoms with Crippen molar-refractivity contribution >= 4 is 17.2 Å². The molecule has 0 unspecified atom stereocenters. The molecule has 22 heavy (non-hydrogen) atoms. The smallest absolute Gasteiger partial charge is 0.264 e. The highest BCUT2D eigenvalue weighted by molar-refractivity contribution is 7.12. The molecule has 3 atom stereocenters. The zero-order chi connectivity index (χ0) is 15.7. The lowest BCUT2D eigenvalue weighted by Gasteiger charge is -2.22. The summed E-state index contributed by atoms with van der Waals surface area (Å²) in [5, 5.41) is 1.98. The van der Waals surface area contributed by atoms with E-state index in [9.17, 15) is 4.79 Å². The number of nitrogens with zero attached hydrogens (tertiary/aromatic N) is 2. The minimum Gasteiger partial charge on any atom is -0.379 e. The molecular formula is C16H24N2O3S. The van der Waals surface area contributed by atoms with Crippen LogP contribution in [0, 0.1) is 12.8 Å². The van der Waals surface area contributed by atoms with Crippen LogP contribution in [0.1, 0.15) is 15.2 Å². The van der Waals surface area contributed by atoms with Gasteiger partial charge in [0.15, 0.2) is 0 Å². The first-order valence-corrected chi connectivity index (χ1v) is 8.65. The van der Waals surface area contributed by atoms with Gasteiger partial charge in [0.25, 0.3) is 5.91 Å². The number of carbonyl (C=O) groups excluding carboxylic acids is 1. The minimum absolute atomic E-state index is 0.0941. The molecule has 5 nitrogen and oxygen atoms in total. The molecule has 0 radical (unpaired) electrons. The van der Waals surface area contributed by atoms with Crippen LogP contribution in [0.15, 0.2) is 11.4 Å². The molecule has 2 fully saturated rings. The zero-order valence-corrected chi connectivity index (χ0v) is 14.3. The number of likely N-dealkylation sites (N-methyl/N-ethyl adjacent to an activating group) is 1. The van der Waals surface area contributed by atoms with E-state index in [0.29, 0.717) is 32.3 Å². The van der Waals surface area contributed by atoms with Gasteiger partial charge in [0.1, 0.15) is 0 Å². The topological polar surface area (TPSA) is 42.0 Å². The first-order chi connectivity index (χ1) is 10.6. The second kappa shape index (κ2) is 6.66. The maximum absolute atomic E-state index is 12.8. The van der Waals surface area contributed by atoms with Gasteiger partial charge in [0.05, 0.1) is 36.8 Å². The van der Waals surface area contributed by atoms with Crippen LogP contribution in [0.25, 0.3) is 0 Å². The fraction of sp³-hybridized carbons (Fsp3) is 0.688. The SMILES string of the molecule is Cc1ccsc1C(=O)N1C[C@H](OCCN(C)C)[C@H]2COC[C@H]21. The lowest BCUT2D eigenvalue weighted by atomic mass is 10.0. The molecule has 1 amide bonds. The van der Waals surface area contributed by atoms with Crippen molar-refractivity contribution in [3.05, 3.63) is 21.9 Å². The first kappa shape index (κ1) is 15.9. The average Bonchev–Trinajstić information content (AvgIpc) is 3.15. The lowest BCUT2D eigenvalue weighted by Crippen LogP contribution is -2.38. The molecule has 0 saturated carbocycles. The molecule has 0 aliphatic carbocycles. The first-order valence-electron chi connectivity index (χ1n) is 7.77. The number of aryl methyl sites for hydroxylation is 1. The van der Waals surface area contributed by atoms with Gasteiger partial charge in [-0.1, -0.05) is 0 Å². The molecule has 0 aromatic carbocycles. The summed E-state index contributed by atoms with van der Waals surface area (Å²) < 4.78 is 11.7. The van der Waals surface area contributed by atoms with E-state index in [-0.39, 0.29) is 18.1 Å². The van der Waals surface area contributed by atoms with Gasteiger partial charge in [0.2, 0.25) is 0 Å². The quantitative estimate of drug-likeness (QED) is 0.823. The van der Waals surface area contributed by atoms with E-state index < -0.39 is 0 Å². The van der Waals surface area contributed by atoms with Crippen LogP contribution in [0.4, 0.5) is 0 Å². The van der Waals surface area contributed by atoms with Crippen molar-refractivity contribution in [2.75, 3.05) is 47.0 Å². The van der Waals surface area contributed by atoms with Crippen LogP contribution in [0.3, 0.4) is 0 Å². The zero-order valence-electron chi connectivity index (χ0n) is 13.4. The number of thiophene rings is 1. The van der Waals surface area contributed by atoms with Crippen molar-refractivity contribution in [3.63, 3.8) is 0 Å². The van der Waals surface area contributed by atoms with Crippen LogP contribution in [-0.2, 0) is 9.47 Å². The van der Waals surface area contributed by atoms with Gasteiger partial charge >= 0.3 is 0 Å². The minimum atomic E-state index is 0.0941. The van der Waals surface area contributed by atoms with Gasteiger partial charge in [-0.2, -0.15) is 0 Å². The predicted molar refractivity (Wildman–Crippen MR) is 86.5 cm³/mol. The van der Waals surface area contributed by atoms with E-state index in [0.717, 1.165) is 17.0 Å². The summed E-state index contributed by atoms with van der Waals surface area (Å²) >= 11 is 1.52. The second-order valence-electron chi connectivity index (χ2n) is 6.37. The summed E-state index contributed by atoms with van der Waals surface area (Å²) in [4.78, 5) is 17.7. The normalized spacial score (nSPS) is 27.6. The summed E-state index contributed by atoms with van der Waals surface area (Å²) in [5.41, 5.74) is 1.06. The van der Waals surface area contributed by atoms with E-state index >= 15 is 0 Å². The number of fused-ring (bicyclic) bond motifs is 1. The Kier molecular flexibility index (Phi) is 4.82. The fourth-order valence-electron chi connectivity index (χ4n) is 3.22. The highest BCUT2D eigenvalue weighted by Gasteiger charge is 2.48. The summed E-state index contributed by atoms with van der Waals surface area (Å²) in [7, 11) is 4.07. The Labute approximate surface area is 135 Å². The average molecular weight is 324 g/mol. The lowest BCUT2D eigenvalue weighted by molar-refractivity contribution is 0.0136. The van der Waals surface area contributed by atoms with E-state index in [1.807, 2.05) is 37.4 Å². The Morgan fingerprint density at radius 2 is 2.32 bits per heavy atom. The van der Waals surface area contributed by atoms with Crippen LogP contribution in [0.5, 0.6) is 0 Å². The highest BCUT2D eigenvalue weighted by atomic mass is 32.1. The molecule has 0 N–H and O–H groups in total. The number of ether oxygens (including phenoxy) is 2. The number of amides is 1. The monoisotopic (exact) mass is 324 g/mol. The Morgan fingerprint density at radius 3 is 3.00 bits per heavy atom. The third-order valence-electron chi connectivity index (χ3n) is 4.54. The molecule has 122 valence electrons. The van der Waals surface area contributed by atoms with Crippen LogP contribution in [0.2, 0.25) is 0 Å². The maximum atomic E-state index is 12.8. The number of likely N-dealkylation sites (tertiary alicyclic amines) is 1. The molecule has 0 bridgehead atoms. The maximum Gasteiger partial charge on any atom is 0.264 e. The number of hydrogen-bond donors (Lipinski definition) is 0. The summed E-state index contributed by atoms with van der Waals surface area (Å²) in [6, 6.07) is 2.17. The summed E-state index contributed by atoms with van der Waals surface area (Å²) in [6.45, 7) is 5.60. The Morgan fingerprint density at radius 1 is 1.50 bits per heavy atom. The molecule has 2 aliphatic heterocycles. The van der Waals surface area contributed by atoms with Crippen LogP contribution >= 0.6 is 11.3 Å². The van der Waals surface area contributed by atoms with Crippen LogP contribution in [-0.4, -0.2) is 74.9 Å². The van der Waals surface area contributed by atoms with E-state index in [4.69, 9.17) is 9.47 Å². The fourth-order valence-corrected chi connectivity index (χ4v) is 4.10. The van der Waals surface area contributed by atoms with Gasteiger partial charge < -0.3 is 19.3 Å². The predicted octanol–water partition coefficient (Wildman–Crippen LogP) is 1.47.